The highest BCUT2D eigenvalue weighted by molar-refractivity contribution is 7.80. The normalized spacial score (nSPS) is 19.2. The van der Waals surface area contributed by atoms with Crippen molar-refractivity contribution in [1.29, 1.82) is 0 Å². The summed E-state index contributed by atoms with van der Waals surface area (Å²) in [5.74, 6) is -0.312. The summed E-state index contributed by atoms with van der Waals surface area (Å²) in [6, 6.07) is 6.16. The second-order valence-electron chi connectivity index (χ2n) is 4.67. The molecule has 4 heteroatoms. The van der Waals surface area contributed by atoms with Crippen molar-refractivity contribution < 1.29 is 9.53 Å². The van der Waals surface area contributed by atoms with Gasteiger partial charge in [0.2, 0.25) is 0 Å². The van der Waals surface area contributed by atoms with Gasteiger partial charge in [0, 0.05) is 18.7 Å². The number of hydrogen-bond acceptors (Lipinski definition) is 3. The number of benzene rings is 1. The minimum absolute atomic E-state index is 0.137. The Bertz CT molecular complexity index is 478. The minimum atomic E-state index is -0.175. The number of anilines is 1. The van der Waals surface area contributed by atoms with Crippen LogP contribution in [-0.4, -0.2) is 24.6 Å². The maximum Gasteiger partial charge on any atom is 0.310 e. The highest BCUT2D eigenvalue weighted by Gasteiger charge is 2.34. The Kier molecular flexibility index (Phi) is 3.66. The zero-order valence-electron chi connectivity index (χ0n) is 10.9. The predicted octanol–water partition coefficient (Wildman–Crippen LogP) is 2.63. The van der Waals surface area contributed by atoms with Crippen LogP contribution in [0, 0.1) is 19.8 Å². The molecule has 0 N–H and O–H groups in total. The van der Waals surface area contributed by atoms with Crippen molar-refractivity contribution in [2.45, 2.75) is 20.3 Å². The zero-order valence-corrected chi connectivity index (χ0v) is 11.7. The molecule has 0 radical (unpaired) electrons. The van der Waals surface area contributed by atoms with Crippen LogP contribution in [0.15, 0.2) is 18.2 Å². The Labute approximate surface area is 113 Å². The second-order valence-corrected chi connectivity index (χ2v) is 5.14. The predicted molar refractivity (Wildman–Crippen MR) is 76.0 cm³/mol. The Hall–Kier alpha value is -1.42. The molecule has 3 nitrogen and oxygen atoms in total. The SMILES string of the molecule is COC(=O)C1CC(=S)N(c2c(C)cccc2C)C1. The molecule has 0 saturated carbocycles. The lowest BCUT2D eigenvalue weighted by atomic mass is 10.1. The van der Waals surface area contributed by atoms with Gasteiger partial charge < -0.3 is 9.64 Å². The van der Waals surface area contributed by atoms with Gasteiger partial charge in [-0.3, -0.25) is 4.79 Å². The van der Waals surface area contributed by atoms with E-state index in [1.807, 2.05) is 6.07 Å². The number of para-hydroxylation sites is 1. The van der Waals surface area contributed by atoms with E-state index < -0.39 is 0 Å². The van der Waals surface area contributed by atoms with Gasteiger partial charge in [-0.05, 0) is 25.0 Å². The fraction of sp³-hybridized carbons (Fsp3) is 0.429. The van der Waals surface area contributed by atoms with Crippen LogP contribution in [0.2, 0.25) is 0 Å². The number of carbonyl (C=O) groups excluding carboxylic acids is 1. The number of methoxy groups -OCH3 is 1. The molecule has 18 heavy (non-hydrogen) atoms. The van der Waals surface area contributed by atoms with Crippen molar-refractivity contribution in [3.05, 3.63) is 29.3 Å². The molecule has 1 aromatic rings. The number of aryl methyl sites for hydroxylation is 2. The number of carbonyl (C=O) groups is 1. The average Bonchev–Trinajstić information content (AvgIpc) is 2.70. The molecular weight excluding hydrogens is 246 g/mol. The van der Waals surface area contributed by atoms with Crippen LogP contribution in [0.5, 0.6) is 0 Å². The third kappa shape index (κ3) is 2.25. The van der Waals surface area contributed by atoms with Gasteiger partial charge in [0.1, 0.15) is 0 Å². The fourth-order valence-electron chi connectivity index (χ4n) is 2.48. The molecule has 1 aliphatic rings. The summed E-state index contributed by atoms with van der Waals surface area (Å²) in [4.78, 5) is 14.5. The van der Waals surface area contributed by atoms with Crippen molar-refractivity contribution in [2.24, 2.45) is 5.92 Å². The lowest BCUT2D eigenvalue weighted by Crippen LogP contribution is -2.26. The molecule has 1 atom stereocenters. The van der Waals surface area contributed by atoms with Gasteiger partial charge in [-0.1, -0.05) is 30.4 Å². The van der Waals surface area contributed by atoms with E-state index in [0.29, 0.717) is 13.0 Å². The molecule has 0 aliphatic carbocycles. The summed E-state index contributed by atoms with van der Waals surface area (Å²) >= 11 is 5.40. The first-order valence-corrected chi connectivity index (χ1v) is 6.40. The summed E-state index contributed by atoms with van der Waals surface area (Å²) in [6.07, 6.45) is 0.607. The molecule has 1 aromatic carbocycles. The monoisotopic (exact) mass is 263 g/mol. The number of rotatable bonds is 2. The number of thiocarbonyl (C=S) groups is 1. The highest BCUT2D eigenvalue weighted by Crippen LogP contribution is 2.31. The van der Waals surface area contributed by atoms with E-state index in [-0.39, 0.29) is 11.9 Å². The molecule has 0 bridgehead atoms. The quantitative estimate of drug-likeness (QED) is 0.606. The van der Waals surface area contributed by atoms with Crippen molar-refractivity contribution in [1.82, 2.24) is 0 Å². The van der Waals surface area contributed by atoms with Crippen molar-refractivity contribution in [3.63, 3.8) is 0 Å². The highest BCUT2D eigenvalue weighted by atomic mass is 32.1. The van der Waals surface area contributed by atoms with Gasteiger partial charge in [0.15, 0.2) is 0 Å². The third-order valence-electron chi connectivity index (χ3n) is 3.37. The topological polar surface area (TPSA) is 29.5 Å². The summed E-state index contributed by atoms with van der Waals surface area (Å²) in [6.45, 7) is 4.75. The molecule has 96 valence electrons. The lowest BCUT2D eigenvalue weighted by molar-refractivity contribution is -0.144. The van der Waals surface area contributed by atoms with Gasteiger partial charge in [0.25, 0.3) is 0 Å². The van der Waals surface area contributed by atoms with Crippen LogP contribution in [-0.2, 0) is 9.53 Å². The van der Waals surface area contributed by atoms with Crippen molar-refractivity contribution in [2.75, 3.05) is 18.6 Å². The molecule has 0 aromatic heterocycles. The molecule has 1 aliphatic heterocycles. The van der Waals surface area contributed by atoms with E-state index in [9.17, 15) is 4.79 Å². The van der Waals surface area contributed by atoms with Gasteiger partial charge >= 0.3 is 5.97 Å². The van der Waals surface area contributed by atoms with E-state index in [2.05, 4.69) is 30.9 Å². The third-order valence-corrected chi connectivity index (χ3v) is 3.76. The molecule has 0 amide bonds. The molecular formula is C14H17NO2S. The van der Waals surface area contributed by atoms with Crippen molar-refractivity contribution >= 4 is 28.9 Å². The maximum atomic E-state index is 11.6. The minimum Gasteiger partial charge on any atom is -0.469 e. The number of esters is 1. The van der Waals surface area contributed by atoms with Gasteiger partial charge in [-0.15, -0.1) is 0 Å². The van der Waals surface area contributed by atoms with Crippen LogP contribution in [0.1, 0.15) is 17.5 Å². The molecule has 1 unspecified atom stereocenters. The van der Waals surface area contributed by atoms with Crippen LogP contribution in [0.25, 0.3) is 0 Å². The summed E-state index contributed by atoms with van der Waals surface area (Å²) in [5, 5.41) is 0. The van der Waals surface area contributed by atoms with Gasteiger partial charge in [-0.2, -0.15) is 0 Å². The fourth-order valence-corrected chi connectivity index (χ4v) is 2.85. The first kappa shape index (κ1) is 13.0. The van der Waals surface area contributed by atoms with E-state index >= 15 is 0 Å². The Morgan fingerprint density at radius 3 is 2.56 bits per heavy atom. The molecule has 1 fully saturated rings. The van der Waals surface area contributed by atoms with Crippen molar-refractivity contribution in [3.8, 4) is 0 Å². The van der Waals surface area contributed by atoms with Crippen LogP contribution in [0.4, 0.5) is 5.69 Å². The molecule has 0 spiro atoms. The second kappa shape index (κ2) is 5.06. The number of nitrogens with zero attached hydrogens (tertiary/aromatic N) is 1. The summed E-state index contributed by atoms with van der Waals surface area (Å²) < 4.78 is 4.80. The maximum absolute atomic E-state index is 11.6. The summed E-state index contributed by atoms with van der Waals surface area (Å²) in [5.41, 5.74) is 3.50. The molecule has 2 rings (SSSR count). The van der Waals surface area contributed by atoms with Crippen LogP contribution in [0.3, 0.4) is 0 Å². The van der Waals surface area contributed by atoms with Crippen LogP contribution >= 0.6 is 12.2 Å². The lowest BCUT2D eigenvalue weighted by Gasteiger charge is -2.23. The van der Waals surface area contributed by atoms with Gasteiger partial charge in [-0.25, -0.2) is 0 Å². The van der Waals surface area contributed by atoms with E-state index in [1.165, 1.54) is 18.2 Å². The van der Waals surface area contributed by atoms with E-state index in [1.54, 1.807) is 0 Å². The number of hydrogen-bond donors (Lipinski definition) is 0. The van der Waals surface area contributed by atoms with E-state index in [0.717, 1.165) is 10.7 Å². The Balaban J connectivity index is 2.30. The Morgan fingerprint density at radius 2 is 2.00 bits per heavy atom. The summed E-state index contributed by atoms with van der Waals surface area (Å²) in [7, 11) is 1.42. The smallest absolute Gasteiger partial charge is 0.310 e. The first-order chi connectivity index (χ1) is 8.54. The number of ether oxygens (including phenoxy) is 1. The first-order valence-electron chi connectivity index (χ1n) is 5.99. The largest absolute Gasteiger partial charge is 0.469 e. The molecule has 1 saturated heterocycles. The average molecular weight is 263 g/mol. The standard InChI is InChI=1S/C14H17NO2S/c1-9-5-4-6-10(2)13(9)15-8-11(7-12(15)18)14(16)17-3/h4-6,11H,7-8H2,1-3H3. The Morgan fingerprint density at radius 1 is 1.39 bits per heavy atom. The van der Waals surface area contributed by atoms with Gasteiger partial charge in [0.05, 0.1) is 18.0 Å². The molecule has 1 heterocycles. The van der Waals surface area contributed by atoms with E-state index in [4.69, 9.17) is 17.0 Å². The zero-order chi connectivity index (χ0) is 13.3. The van der Waals surface area contributed by atoms with Crippen LogP contribution < -0.4 is 4.90 Å².